The maximum Gasteiger partial charge on any atom is 0.203 e. The van der Waals surface area contributed by atoms with Gasteiger partial charge in [0.2, 0.25) is 5.75 Å². The van der Waals surface area contributed by atoms with Crippen molar-refractivity contribution >= 4 is 0 Å². The van der Waals surface area contributed by atoms with Crippen LogP contribution in [0.4, 0.5) is 0 Å². The fraction of sp³-hybridized carbons (Fsp3) is 0.400. The normalized spacial score (nSPS) is 15.1. The van der Waals surface area contributed by atoms with E-state index in [2.05, 4.69) is 47.3 Å². The Labute approximate surface area is 184 Å². The number of ether oxygens (including phenoxy) is 3. The second kappa shape index (κ2) is 9.43. The van der Waals surface area contributed by atoms with Crippen LogP contribution in [0.2, 0.25) is 0 Å². The zero-order valence-electron chi connectivity index (χ0n) is 18.8. The Morgan fingerprint density at radius 2 is 1.58 bits per heavy atom. The lowest BCUT2D eigenvalue weighted by Gasteiger charge is -2.32. The summed E-state index contributed by atoms with van der Waals surface area (Å²) < 4.78 is 19.2. The van der Waals surface area contributed by atoms with Crippen molar-refractivity contribution in [1.82, 2.24) is 14.7 Å². The molecule has 6 heteroatoms. The molecule has 0 amide bonds. The van der Waals surface area contributed by atoms with E-state index in [1.165, 1.54) is 5.56 Å². The molecule has 164 valence electrons. The van der Waals surface area contributed by atoms with Gasteiger partial charge in [-0.25, -0.2) is 4.68 Å². The molecule has 2 aromatic carbocycles. The Hall–Kier alpha value is -2.99. The predicted octanol–water partition coefficient (Wildman–Crippen LogP) is 4.55. The van der Waals surface area contributed by atoms with Crippen molar-refractivity contribution < 1.29 is 14.2 Å². The highest BCUT2D eigenvalue weighted by Crippen LogP contribution is 2.38. The number of hydrogen-bond acceptors (Lipinski definition) is 5. The van der Waals surface area contributed by atoms with Gasteiger partial charge in [-0.05, 0) is 62.6 Å². The minimum atomic E-state index is 0.162. The SMILES string of the molecule is COc1cccc(OC)c1OC1CCN(Cc2ccc(-n3nc(C)cc3C)cc2)CC1. The topological polar surface area (TPSA) is 48.8 Å². The molecule has 1 fully saturated rings. The molecule has 0 bridgehead atoms. The van der Waals surface area contributed by atoms with Gasteiger partial charge in [-0.2, -0.15) is 5.10 Å². The number of rotatable bonds is 7. The maximum absolute atomic E-state index is 6.29. The van der Waals surface area contributed by atoms with E-state index in [4.69, 9.17) is 14.2 Å². The lowest BCUT2D eigenvalue weighted by Crippen LogP contribution is -2.37. The molecular formula is C25H31N3O3. The molecule has 1 saturated heterocycles. The van der Waals surface area contributed by atoms with E-state index in [0.29, 0.717) is 17.2 Å². The average Bonchev–Trinajstić information content (AvgIpc) is 3.13. The van der Waals surface area contributed by atoms with Crippen molar-refractivity contribution in [3.8, 4) is 22.9 Å². The lowest BCUT2D eigenvalue weighted by molar-refractivity contribution is 0.0917. The average molecular weight is 422 g/mol. The van der Waals surface area contributed by atoms with Gasteiger partial charge in [-0.3, -0.25) is 4.90 Å². The Bertz CT molecular complexity index is 983. The summed E-state index contributed by atoms with van der Waals surface area (Å²) in [5, 5.41) is 4.57. The minimum Gasteiger partial charge on any atom is -0.493 e. The number of aromatic nitrogens is 2. The summed E-state index contributed by atoms with van der Waals surface area (Å²) in [6.45, 7) is 7.06. The first-order valence-corrected chi connectivity index (χ1v) is 10.8. The van der Waals surface area contributed by atoms with Crippen molar-refractivity contribution in [2.75, 3.05) is 27.3 Å². The zero-order valence-corrected chi connectivity index (χ0v) is 18.8. The summed E-state index contributed by atoms with van der Waals surface area (Å²) in [6, 6.07) is 16.5. The summed E-state index contributed by atoms with van der Waals surface area (Å²) in [4.78, 5) is 2.48. The largest absolute Gasteiger partial charge is 0.493 e. The van der Waals surface area contributed by atoms with Crippen LogP contribution in [0, 0.1) is 13.8 Å². The van der Waals surface area contributed by atoms with Gasteiger partial charge in [0.05, 0.1) is 25.6 Å². The number of likely N-dealkylation sites (tertiary alicyclic amines) is 1. The van der Waals surface area contributed by atoms with Gasteiger partial charge < -0.3 is 14.2 Å². The van der Waals surface area contributed by atoms with Gasteiger partial charge in [0.1, 0.15) is 6.10 Å². The standard InChI is InChI=1S/C25H31N3O3/c1-18-16-19(2)28(26-18)21-10-8-20(9-11-21)17-27-14-12-22(13-15-27)31-25-23(29-3)6-5-7-24(25)30-4/h5-11,16,22H,12-15,17H2,1-4H3. The molecule has 4 rings (SSSR count). The van der Waals surface area contributed by atoms with E-state index in [9.17, 15) is 0 Å². The molecule has 3 aromatic rings. The Kier molecular flexibility index (Phi) is 6.47. The number of benzene rings is 2. The number of aryl methyl sites for hydroxylation is 2. The molecule has 0 N–H and O–H groups in total. The minimum absolute atomic E-state index is 0.162. The van der Waals surface area contributed by atoms with Crippen molar-refractivity contribution in [3.05, 3.63) is 65.5 Å². The summed E-state index contributed by atoms with van der Waals surface area (Å²) in [5.74, 6) is 2.12. The molecule has 1 aliphatic rings. The van der Waals surface area contributed by atoms with Crippen molar-refractivity contribution in [3.63, 3.8) is 0 Å². The molecule has 6 nitrogen and oxygen atoms in total. The molecule has 31 heavy (non-hydrogen) atoms. The molecular weight excluding hydrogens is 390 g/mol. The van der Waals surface area contributed by atoms with E-state index in [0.717, 1.165) is 49.6 Å². The van der Waals surface area contributed by atoms with Gasteiger partial charge >= 0.3 is 0 Å². The number of piperidine rings is 1. The summed E-state index contributed by atoms with van der Waals surface area (Å²) in [7, 11) is 3.31. The van der Waals surface area contributed by atoms with Crippen LogP contribution in [-0.2, 0) is 6.54 Å². The molecule has 0 atom stereocenters. The molecule has 0 spiro atoms. The monoisotopic (exact) mass is 421 g/mol. The molecule has 0 saturated carbocycles. The molecule has 1 aliphatic heterocycles. The third-order valence-corrected chi connectivity index (χ3v) is 5.80. The molecule has 0 aliphatic carbocycles. The van der Waals surface area contributed by atoms with Crippen molar-refractivity contribution in [2.45, 2.75) is 39.3 Å². The summed E-state index contributed by atoms with van der Waals surface area (Å²) >= 11 is 0. The lowest BCUT2D eigenvalue weighted by atomic mass is 10.1. The Morgan fingerprint density at radius 3 is 2.13 bits per heavy atom. The first-order valence-electron chi connectivity index (χ1n) is 10.8. The van der Waals surface area contributed by atoms with E-state index in [-0.39, 0.29) is 6.10 Å². The third-order valence-electron chi connectivity index (χ3n) is 5.80. The van der Waals surface area contributed by atoms with Gasteiger partial charge in [-0.1, -0.05) is 18.2 Å². The highest BCUT2D eigenvalue weighted by Gasteiger charge is 2.23. The summed E-state index contributed by atoms with van der Waals surface area (Å²) in [5.41, 5.74) is 4.61. The number of nitrogens with zero attached hydrogens (tertiary/aromatic N) is 3. The van der Waals surface area contributed by atoms with Gasteiger partial charge in [-0.15, -0.1) is 0 Å². The van der Waals surface area contributed by atoms with Crippen LogP contribution in [0.3, 0.4) is 0 Å². The number of hydrogen-bond donors (Lipinski definition) is 0. The highest BCUT2D eigenvalue weighted by molar-refractivity contribution is 5.51. The van der Waals surface area contributed by atoms with E-state index in [1.54, 1.807) is 14.2 Å². The van der Waals surface area contributed by atoms with Crippen LogP contribution in [0.25, 0.3) is 5.69 Å². The molecule has 1 aromatic heterocycles. The molecule has 0 radical (unpaired) electrons. The predicted molar refractivity (Wildman–Crippen MR) is 122 cm³/mol. The highest BCUT2D eigenvalue weighted by atomic mass is 16.5. The third kappa shape index (κ3) is 4.85. The smallest absolute Gasteiger partial charge is 0.203 e. The first kappa shape index (κ1) is 21.2. The van der Waals surface area contributed by atoms with Crippen molar-refractivity contribution in [1.29, 1.82) is 0 Å². The summed E-state index contributed by atoms with van der Waals surface area (Å²) in [6.07, 6.45) is 2.12. The fourth-order valence-corrected chi connectivity index (χ4v) is 4.18. The van der Waals surface area contributed by atoms with Crippen LogP contribution >= 0.6 is 0 Å². The quantitative estimate of drug-likeness (QED) is 0.560. The van der Waals surface area contributed by atoms with E-state index < -0.39 is 0 Å². The van der Waals surface area contributed by atoms with Gasteiger partial charge in [0, 0.05) is 25.3 Å². The zero-order chi connectivity index (χ0) is 21.8. The Balaban J connectivity index is 1.33. The van der Waals surface area contributed by atoms with Crippen molar-refractivity contribution in [2.24, 2.45) is 0 Å². The van der Waals surface area contributed by atoms with Gasteiger partial charge in [0.15, 0.2) is 11.5 Å². The van der Waals surface area contributed by atoms with Crippen LogP contribution in [0.1, 0.15) is 29.8 Å². The van der Waals surface area contributed by atoms with Gasteiger partial charge in [0.25, 0.3) is 0 Å². The fourth-order valence-electron chi connectivity index (χ4n) is 4.18. The second-order valence-corrected chi connectivity index (χ2v) is 8.09. The van der Waals surface area contributed by atoms with Crippen LogP contribution in [-0.4, -0.2) is 48.1 Å². The van der Waals surface area contributed by atoms with E-state index >= 15 is 0 Å². The first-order chi connectivity index (χ1) is 15.1. The molecule has 2 heterocycles. The number of para-hydroxylation sites is 1. The van der Waals surface area contributed by atoms with Crippen LogP contribution < -0.4 is 14.2 Å². The maximum atomic E-state index is 6.29. The van der Waals surface area contributed by atoms with E-state index in [1.807, 2.05) is 29.8 Å². The van der Waals surface area contributed by atoms with Crippen LogP contribution in [0.5, 0.6) is 17.2 Å². The molecule has 0 unspecified atom stereocenters. The van der Waals surface area contributed by atoms with Crippen LogP contribution in [0.15, 0.2) is 48.5 Å². The number of methoxy groups -OCH3 is 2. The Morgan fingerprint density at radius 1 is 0.935 bits per heavy atom. The second-order valence-electron chi connectivity index (χ2n) is 8.09.